The second-order valence-electron chi connectivity index (χ2n) is 4.58. The van der Waals surface area contributed by atoms with Gasteiger partial charge in [0, 0.05) is 17.0 Å². The molecule has 110 valence electrons. The highest BCUT2D eigenvalue weighted by molar-refractivity contribution is 6.31. The number of fused-ring (bicyclic) bond motifs is 1. The van der Waals surface area contributed by atoms with E-state index < -0.39 is 5.82 Å². The smallest absolute Gasteiger partial charge is 0.153 e. The van der Waals surface area contributed by atoms with Gasteiger partial charge in [0.1, 0.15) is 17.9 Å². The minimum absolute atomic E-state index is 0.00776. The number of ether oxygens (including phenoxy) is 1. The molecule has 0 N–H and O–H groups in total. The first-order valence-corrected chi connectivity index (χ1v) is 6.75. The first-order valence-electron chi connectivity index (χ1n) is 6.37. The lowest BCUT2D eigenvalue weighted by Gasteiger charge is -2.09. The van der Waals surface area contributed by atoms with Crippen molar-refractivity contribution >= 4 is 28.8 Å². The lowest BCUT2D eigenvalue weighted by Crippen LogP contribution is -1.95. The number of halogens is 2. The molecule has 0 saturated heterocycles. The highest BCUT2D eigenvalue weighted by Gasteiger charge is 2.12. The molecule has 0 unspecified atom stereocenters. The Balaban J connectivity index is 2.29. The summed E-state index contributed by atoms with van der Waals surface area (Å²) in [5.41, 5.74) is 2.21. The Morgan fingerprint density at radius 3 is 2.73 bits per heavy atom. The molecule has 3 rings (SSSR count). The van der Waals surface area contributed by atoms with Gasteiger partial charge in [0.2, 0.25) is 0 Å². The molecule has 0 spiro atoms. The van der Waals surface area contributed by atoms with Gasteiger partial charge >= 0.3 is 0 Å². The van der Waals surface area contributed by atoms with E-state index in [9.17, 15) is 9.18 Å². The molecule has 0 aliphatic carbocycles. The van der Waals surface area contributed by atoms with Crippen molar-refractivity contribution in [3.63, 3.8) is 0 Å². The van der Waals surface area contributed by atoms with Crippen LogP contribution < -0.4 is 4.74 Å². The zero-order valence-corrected chi connectivity index (χ0v) is 12.3. The van der Waals surface area contributed by atoms with Crippen molar-refractivity contribution in [2.45, 2.75) is 0 Å². The van der Waals surface area contributed by atoms with Crippen LogP contribution in [0.3, 0.4) is 0 Å². The molecule has 0 atom stereocenters. The van der Waals surface area contributed by atoms with Gasteiger partial charge in [-0.25, -0.2) is 14.4 Å². The van der Waals surface area contributed by atoms with Crippen LogP contribution in [0.4, 0.5) is 4.39 Å². The largest absolute Gasteiger partial charge is 0.496 e. The number of nitrogens with zero attached hydrogens (tertiary/aromatic N) is 2. The van der Waals surface area contributed by atoms with Gasteiger partial charge in [-0.1, -0.05) is 11.6 Å². The lowest BCUT2D eigenvalue weighted by molar-refractivity contribution is 0.112. The summed E-state index contributed by atoms with van der Waals surface area (Å²) in [5, 5.41) is 0.668. The number of carbonyl (C=O) groups is 1. The number of benzene rings is 2. The van der Waals surface area contributed by atoms with E-state index >= 15 is 0 Å². The van der Waals surface area contributed by atoms with Gasteiger partial charge in [0.05, 0.1) is 28.9 Å². The monoisotopic (exact) mass is 316 g/mol. The summed E-state index contributed by atoms with van der Waals surface area (Å²) in [6, 6.07) is 7.65. The van der Waals surface area contributed by atoms with Crippen LogP contribution in [0.15, 0.2) is 36.7 Å². The Hall–Kier alpha value is -2.53. The number of hydrogen-bond acceptors (Lipinski definition) is 4. The summed E-state index contributed by atoms with van der Waals surface area (Å²) in [6.45, 7) is 0. The normalized spacial score (nSPS) is 10.7. The Kier molecular flexibility index (Phi) is 3.73. The van der Waals surface area contributed by atoms with Crippen LogP contribution in [0.2, 0.25) is 5.02 Å². The molecule has 0 radical (unpaired) electrons. The molecule has 3 aromatic rings. The van der Waals surface area contributed by atoms with E-state index in [0.29, 0.717) is 39.8 Å². The zero-order chi connectivity index (χ0) is 15.7. The van der Waals surface area contributed by atoms with Crippen molar-refractivity contribution in [2.24, 2.45) is 0 Å². The molecule has 0 amide bonds. The van der Waals surface area contributed by atoms with Gasteiger partial charge in [0.15, 0.2) is 6.29 Å². The molecule has 2 aromatic carbocycles. The molecule has 0 aliphatic rings. The maximum atomic E-state index is 13.3. The number of rotatable bonds is 3. The van der Waals surface area contributed by atoms with Gasteiger partial charge < -0.3 is 4.74 Å². The van der Waals surface area contributed by atoms with E-state index in [1.807, 2.05) is 0 Å². The number of aldehydes is 1. The fourth-order valence-corrected chi connectivity index (χ4v) is 2.42. The molecule has 1 aromatic heterocycles. The quantitative estimate of drug-likeness (QED) is 0.687. The molecule has 1 heterocycles. The fraction of sp³-hybridized carbons (Fsp3) is 0.0625. The minimum atomic E-state index is -0.501. The predicted octanol–water partition coefficient (Wildman–Crippen LogP) is 3.91. The summed E-state index contributed by atoms with van der Waals surface area (Å²) in [7, 11) is 1.48. The third kappa shape index (κ3) is 2.40. The SMILES string of the molecule is COc1cc2ncnc(-c3ccc(F)c(Cl)c3)c2cc1C=O. The Bertz CT molecular complexity index is 883. The summed E-state index contributed by atoms with van der Waals surface area (Å²) >= 11 is 5.83. The molecular weight excluding hydrogens is 307 g/mol. The summed E-state index contributed by atoms with van der Waals surface area (Å²) in [6.07, 6.45) is 2.10. The van der Waals surface area contributed by atoms with Gasteiger partial charge in [-0.3, -0.25) is 4.79 Å². The minimum Gasteiger partial charge on any atom is -0.496 e. The second kappa shape index (κ2) is 5.69. The van der Waals surface area contributed by atoms with E-state index in [-0.39, 0.29) is 5.02 Å². The van der Waals surface area contributed by atoms with E-state index in [1.165, 1.54) is 25.6 Å². The molecule has 4 nitrogen and oxygen atoms in total. The van der Waals surface area contributed by atoms with Crippen LogP contribution in [-0.2, 0) is 0 Å². The van der Waals surface area contributed by atoms with E-state index in [4.69, 9.17) is 16.3 Å². The summed E-state index contributed by atoms with van der Waals surface area (Å²) in [5.74, 6) is -0.0664. The van der Waals surface area contributed by atoms with E-state index in [0.717, 1.165) is 0 Å². The second-order valence-corrected chi connectivity index (χ2v) is 4.99. The van der Waals surface area contributed by atoms with Crippen molar-refractivity contribution in [2.75, 3.05) is 7.11 Å². The highest BCUT2D eigenvalue weighted by Crippen LogP contribution is 2.31. The first-order chi connectivity index (χ1) is 10.6. The van der Waals surface area contributed by atoms with E-state index in [2.05, 4.69) is 9.97 Å². The highest BCUT2D eigenvalue weighted by atomic mass is 35.5. The maximum absolute atomic E-state index is 13.3. The molecule has 22 heavy (non-hydrogen) atoms. The Morgan fingerprint density at radius 2 is 2.05 bits per heavy atom. The van der Waals surface area contributed by atoms with Gasteiger partial charge in [-0.2, -0.15) is 0 Å². The predicted molar refractivity (Wildman–Crippen MR) is 81.9 cm³/mol. The van der Waals surface area contributed by atoms with Crippen molar-refractivity contribution in [1.29, 1.82) is 0 Å². The number of aromatic nitrogens is 2. The van der Waals surface area contributed by atoms with Crippen LogP contribution in [-0.4, -0.2) is 23.4 Å². The van der Waals surface area contributed by atoms with Gasteiger partial charge in [-0.05, 0) is 24.3 Å². The topological polar surface area (TPSA) is 52.1 Å². The van der Waals surface area contributed by atoms with Crippen molar-refractivity contribution < 1.29 is 13.9 Å². The molecule has 0 bridgehead atoms. The average molecular weight is 317 g/mol. The van der Waals surface area contributed by atoms with Crippen LogP contribution in [0.1, 0.15) is 10.4 Å². The molecule has 0 fully saturated rings. The standard InChI is InChI=1S/C16H10ClFN2O2/c1-22-15-6-14-11(4-10(15)7-21)16(20-8-19-14)9-2-3-13(18)12(17)5-9/h2-8H,1H3. The number of methoxy groups -OCH3 is 1. The van der Waals surface area contributed by atoms with Crippen LogP contribution in [0, 0.1) is 5.82 Å². The average Bonchev–Trinajstić information content (AvgIpc) is 2.55. The Labute approximate surface area is 130 Å². The molecule has 0 aliphatic heterocycles. The van der Waals surface area contributed by atoms with Gasteiger partial charge in [-0.15, -0.1) is 0 Å². The first kappa shape index (κ1) is 14.4. The summed E-state index contributed by atoms with van der Waals surface area (Å²) in [4.78, 5) is 19.6. The third-order valence-corrected chi connectivity index (χ3v) is 3.60. The number of carbonyl (C=O) groups excluding carboxylic acids is 1. The van der Waals surface area contributed by atoms with Crippen molar-refractivity contribution in [1.82, 2.24) is 9.97 Å². The van der Waals surface area contributed by atoms with Crippen LogP contribution in [0.25, 0.3) is 22.2 Å². The zero-order valence-electron chi connectivity index (χ0n) is 11.5. The fourth-order valence-electron chi connectivity index (χ4n) is 2.24. The summed E-state index contributed by atoms with van der Waals surface area (Å²) < 4.78 is 18.5. The van der Waals surface area contributed by atoms with Crippen LogP contribution in [0.5, 0.6) is 5.75 Å². The molecule has 0 saturated carbocycles. The Morgan fingerprint density at radius 1 is 1.23 bits per heavy atom. The lowest BCUT2D eigenvalue weighted by atomic mass is 10.0. The van der Waals surface area contributed by atoms with Gasteiger partial charge in [0.25, 0.3) is 0 Å². The van der Waals surface area contributed by atoms with Crippen molar-refractivity contribution in [3.8, 4) is 17.0 Å². The molecule has 6 heteroatoms. The van der Waals surface area contributed by atoms with Crippen molar-refractivity contribution in [3.05, 3.63) is 53.1 Å². The maximum Gasteiger partial charge on any atom is 0.153 e. The van der Waals surface area contributed by atoms with Crippen LogP contribution >= 0.6 is 11.6 Å². The molecular formula is C16H10ClFN2O2. The number of hydrogen-bond donors (Lipinski definition) is 0. The van der Waals surface area contributed by atoms with E-state index in [1.54, 1.807) is 18.2 Å². The third-order valence-electron chi connectivity index (χ3n) is 3.31.